The van der Waals surface area contributed by atoms with Crippen molar-refractivity contribution >= 4 is 10.9 Å². The smallest absolute Gasteiger partial charge is 0.116 e. The van der Waals surface area contributed by atoms with Crippen molar-refractivity contribution in [3.8, 4) is 5.75 Å². The summed E-state index contributed by atoms with van der Waals surface area (Å²) in [5, 5.41) is 10.5. The molecule has 86 valence electrons. The lowest BCUT2D eigenvalue weighted by molar-refractivity contribution is 0.476. The van der Waals surface area contributed by atoms with Gasteiger partial charge in [0.05, 0.1) is 0 Å². The van der Waals surface area contributed by atoms with Crippen molar-refractivity contribution in [2.24, 2.45) is 5.73 Å². The van der Waals surface area contributed by atoms with Gasteiger partial charge in [0.1, 0.15) is 5.75 Å². The zero-order valence-corrected chi connectivity index (χ0v) is 9.96. The van der Waals surface area contributed by atoms with Crippen LogP contribution in [0.25, 0.3) is 10.9 Å². The SMILES string of the molecule is CC(C)(C)c1[nH]c2ccc(O)cc2c1CN. The van der Waals surface area contributed by atoms with E-state index in [2.05, 4.69) is 25.8 Å². The lowest BCUT2D eigenvalue weighted by Gasteiger charge is -2.18. The summed E-state index contributed by atoms with van der Waals surface area (Å²) in [5.74, 6) is 0.279. The Morgan fingerprint density at radius 2 is 2.00 bits per heavy atom. The van der Waals surface area contributed by atoms with Gasteiger partial charge in [0, 0.05) is 28.6 Å². The first kappa shape index (κ1) is 11.0. The van der Waals surface area contributed by atoms with E-state index in [1.54, 1.807) is 12.1 Å². The van der Waals surface area contributed by atoms with E-state index in [1.165, 1.54) is 0 Å². The second-order valence-electron chi connectivity index (χ2n) is 5.16. The fourth-order valence-electron chi connectivity index (χ4n) is 2.09. The highest BCUT2D eigenvalue weighted by molar-refractivity contribution is 5.86. The van der Waals surface area contributed by atoms with E-state index in [0.29, 0.717) is 6.54 Å². The van der Waals surface area contributed by atoms with Crippen LogP contribution in [0.4, 0.5) is 0 Å². The van der Waals surface area contributed by atoms with Gasteiger partial charge in [-0.1, -0.05) is 20.8 Å². The van der Waals surface area contributed by atoms with Crippen LogP contribution in [-0.4, -0.2) is 10.1 Å². The first-order valence-corrected chi connectivity index (χ1v) is 5.47. The lowest BCUT2D eigenvalue weighted by atomic mass is 9.89. The van der Waals surface area contributed by atoms with E-state index in [-0.39, 0.29) is 11.2 Å². The molecule has 3 heteroatoms. The third-order valence-electron chi connectivity index (χ3n) is 2.84. The minimum atomic E-state index is 0.0311. The zero-order chi connectivity index (χ0) is 11.9. The first-order chi connectivity index (χ1) is 7.43. The molecule has 0 bridgehead atoms. The Morgan fingerprint density at radius 3 is 2.56 bits per heavy atom. The summed E-state index contributed by atoms with van der Waals surface area (Å²) >= 11 is 0. The molecule has 0 saturated heterocycles. The molecule has 0 aliphatic rings. The van der Waals surface area contributed by atoms with Gasteiger partial charge in [-0.25, -0.2) is 0 Å². The Hall–Kier alpha value is -1.48. The highest BCUT2D eigenvalue weighted by atomic mass is 16.3. The topological polar surface area (TPSA) is 62.0 Å². The molecule has 1 aromatic heterocycles. The third-order valence-corrected chi connectivity index (χ3v) is 2.84. The van der Waals surface area contributed by atoms with Crippen molar-refractivity contribution in [1.82, 2.24) is 4.98 Å². The Balaban J connectivity index is 2.77. The number of phenols is 1. The average Bonchev–Trinajstić information content (AvgIpc) is 2.54. The summed E-state index contributed by atoms with van der Waals surface area (Å²) < 4.78 is 0. The van der Waals surface area contributed by atoms with Gasteiger partial charge in [-0.05, 0) is 23.8 Å². The summed E-state index contributed by atoms with van der Waals surface area (Å²) in [5.41, 5.74) is 9.11. The van der Waals surface area contributed by atoms with E-state index in [1.807, 2.05) is 6.07 Å². The molecule has 3 nitrogen and oxygen atoms in total. The number of H-pyrrole nitrogens is 1. The number of hydrogen-bond acceptors (Lipinski definition) is 2. The Morgan fingerprint density at radius 1 is 1.31 bits per heavy atom. The van der Waals surface area contributed by atoms with E-state index < -0.39 is 0 Å². The van der Waals surface area contributed by atoms with Crippen LogP contribution in [-0.2, 0) is 12.0 Å². The number of phenolic OH excluding ortho intramolecular Hbond substituents is 1. The van der Waals surface area contributed by atoms with Crippen LogP contribution >= 0.6 is 0 Å². The number of fused-ring (bicyclic) bond motifs is 1. The second-order valence-corrected chi connectivity index (χ2v) is 5.16. The van der Waals surface area contributed by atoms with Crippen molar-refractivity contribution in [2.45, 2.75) is 32.7 Å². The molecule has 0 radical (unpaired) electrons. The molecular formula is C13H18N2O. The van der Waals surface area contributed by atoms with Crippen molar-refractivity contribution in [3.63, 3.8) is 0 Å². The van der Waals surface area contributed by atoms with E-state index in [9.17, 15) is 5.11 Å². The van der Waals surface area contributed by atoms with Gasteiger partial charge in [-0.3, -0.25) is 0 Å². The molecule has 2 rings (SSSR count). The van der Waals surface area contributed by atoms with Gasteiger partial charge >= 0.3 is 0 Å². The quantitative estimate of drug-likeness (QED) is 0.689. The molecule has 0 saturated carbocycles. The Labute approximate surface area is 95.3 Å². The highest BCUT2D eigenvalue weighted by Crippen LogP contribution is 2.32. The van der Waals surface area contributed by atoms with E-state index >= 15 is 0 Å². The van der Waals surface area contributed by atoms with Crippen molar-refractivity contribution in [1.29, 1.82) is 0 Å². The molecule has 0 aliphatic carbocycles. The number of hydrogen-bond donors (Lipinski definition) is 3. The molecule has 2 aromatic rings. The normalized spacial score (nSPS) is 12.2. The van der Waals surface area contributed by atoms with Crippen LogP contribution in [0.15, 0.2) is 18.2 Å². The van der Waals surface area contributed by atoms with Gasteiger partial charge in [-0.2, -0.15) is 0 Å². The molecule has 4 N–H and O–H groups in total. The van der Waals surface area contributed by atoms with Crippen molar-refractivity contribution in [2.75, 3.05) is 0 Å². The summed E-state index contributed by atoms with van der Waals surface area (Å²) in [4.78, 5) is 3.39. The van der Waals surface area contributed by atoms with Crippen molar-refractivity contribution < 1.29 is 5.11 Å². The minimum absolute atomic E-state index is 0.0311. The van der Waals surface area contributed by atoms with E-state index in [4.69, 9.17) is 5.73 Å². The van der Waals surface area contributed by atoms with Crippen LogP contribution in [0.5, 0.6) is 5.75 Å². The third kappa shape index (κ3) is 1.67. The van der Waals surface area contributed by atoms with Crippen LogP contribution in [0.2, 0.25) is 0 Å². The predicted molar refractivity (Wildman–Crippen MR) is 66.6 cm³/mol. The first-order valence-electron chi connectivity index (χ1n) is 5.47. The highest BCUT2D eigenvalue weighted by Gasteiger charge is 2.21. The fourth-order valence-corrected chi connectivity index (χ4v) is 2.09. The molecule has 0 unspecified atom stereocenters. The lowest BCUT2D eigenvalue weighted by Crippen LogP contribution is -2.15. The van der Waals surface area contributed by atoms with Crippen LogP contribution < -0.4 is 5.73 Å². The number of aromatic amines is 1. The molecular weight excluding hydrogens is 200 g/mol. The molecule has 0 atom stereocenters. The number of nitrogens with two attached hydrogens (primary N) is 1. The second kappa shape index (κ2) is 3.52. The van der Waals surface area contributed by atoms with E-state index in [0.717, 1.165) is 22.2 Å². The number of nitrogens with one attached hydrogen (secondary N) is 1. The molecule has 0 aliphatic heterocycles. The van der Waals surface area contributed by atoms with Gasteiger partial charge in [0.15, 0.2) is 0 Å². The van der Waals surface area contributed by atoms with Gasteiger partial charge < -0.3 is 15.8 Å². The monoisotopic (exact) mass is 218 g/mol. The zero-order valence-electron chi connectivity index (χ0n) is 9.96. The fraction of sp³-hybridized carbons (Fsp3) is 0.385. The van der Waals surface area contributed by atoms with Gasteiger partial charge in [0.25, 0.3) is 0 Å². The maximum absolute atomic E-state index is 9.51. The van der Waals surface area contributed by atoms with Crippen LogP contribution in [0, 0.1) is 0 Å². The minimum Gasteiger partial charge on any atom is -0.508 e. The van der Waals surface area contributed by atoms with Crippen molar-refractivity contribution in [3.05, 3.63) is 29.5 Å². The summed E-state index contributed by atoms with van der Waals surface area (Å²) in [6.07, 6.45) is 0. The number of aromatic nitrogens is 1. The van der Waals surface area contributed by atoms with Crippen LogP contribution in [0.1, 0.15) is 32.0 Å². The largest absolute Gasteiger partial charge is 0.508 e. The Kier molecular flexibility index (Phi) is 2.43. The standard InChI is InChI=1S/C13H18N2O/c1-13(2,3)12-10(7-14)9-6-8(16)4-5-11(9)15-12/h4-6,15-16H,7,14H2,1-3H3. The van der Waals surface area contributed by atoms with Gasteiger partial charge in [-0.15, -0.1) is 0 Å². The number of aromatic hydroxyl groups is 1. The Bertz CT molecular complexity index is 520. The summed E-state index contributed by atoms with van der Waals surface area (Å²) in [6.45, 7) is 6.93. The molecule has 0 spiro atoms. The molecule has 16 heavy (non-hydrogen) atoms. The molecule has 0 fully saturated rings. The summed E-state index contributed by atoms with van der Waals surface area (Å²) in [7, 11) is 0. The maximum atomic E-state index is 9.51. The molecule has 1 heterocycles. The average molecular weight is 218 g/mol. The maximum Gasteiger partial charge on any atom is 0.116 e. The summed E-state index contributed by atoms with van der Waals surface area (Å²) in [6, 6.07) is 5.34. The molecule has 1 aromatic carbocycles. The predicted octanol–water partition coefficient (Wildman–Crippen LogP) is 2.63. The number of benzene rings is 1. The number of rotatable bonds is 1. The molecule has 0 amide bonds. The van der Waals surface area contributed by atoms with Gasteiger partial charge in [0.2, 0.25) is 0 Å². The van der Waals surface area contributed by atoms with Crippen LogP contribution in [0.3, 0.4) is 0 Å².